The highest BCUT2D eigenvalue weighted by atomic mass is 35.5. The van der Waals surface area contributed by atoms with Gasteiger partial charge < -0.3 is 10.2 Å². The summed E-state index contributed by atoms with van der Waals surface area (Å²) < 4.78 is 0. The Bertz CT molecular complexity index is 720. The topological polar surface area (TPSA) is 58.1 Å². The molecule has 0 saturated carbocycles. The molecule has 5 nitrogen and oxygen atoms in total. The third-order valence-electron chi connectivity index (χ3n) is 4.44. The smallest absolute Gasteiger partial charge is 0.271 e. The first-order valence-electron chi connectivity index (χ1n) is 8.71. The third-order valence-corrected chi connectivity index (χ3v) is 4.68. The molecule has 25 heavy (non-hydrogen) atoms. The maximum atomic E-state index is 12.2. The molecule has 132 valence electrons. The quantitative estimate of drug-likeness (QED) is 0.890. The lowest BCUT2D eigenvalue weighted by Gasteiger charge is -2.31. The summed E-state index contributed by atoms with van der Waals surface area (Å²) in [5.74, 6) is 1.32. The fraction of sp³-hybridized carbons (Fsp3) is 0.421. The van der Waals surface area contributed by atoms with Gasteiger partial charge in [-0.3, -0.25) is 4.79 Å². The summed E-state index contributed by atoms with van der Waals surface area (Å²) in [6.07, 6.45) is 6.42. The predicted octanol–water partition coefficient (Wildman–Crippen LogP) is 3.34. The number of carbonyl (C=O) groups excluding carboxylic acids is 1. The van der Waals surface area contributed by atoms with Crippen molar-refractivity contribution in [3.63, 3.8) is 0 Å². The van der Waals surface area contributed by atoms with Crippen molar-refractivity contribution in [3.8, 4) is 0 Å². The van der Waals surface area contributed by atoms with Crippen LogP contribution in [0.2, 0.25) is 5.02 Å². The Hall–Kier alpha value is -2.14. The Morgan fingerprint density at radius 1 is 1.36 bits per heavy atom. The maximum Gasteiger partial charge on any atom is 0.271 e. The number of benzene rings is 1. The van der Waals surface area contributed by atoms with Gasteiger partial charge in [-0.25, -0.2) is 9.97 Å². The van der Waals surface area contributed by atoms with Crippen molar-refractivity contribution in [1.29, 1.82) is 0 Å². The van der Waals surface area contributed by atoms with Gasteiger partial charge in [-0.15, -0.1) is 0 Å². The molecule has 1 aliphatic heterocycles. The highest BCUT2D eigenvalue weighted by molar-refractivity contribution is 6.30. The van der Waals surface area contributed by atoms with E-state index in [0.717, 1.165) is 30.9 Å². The molecule has 0 radical (unpaired) electrons. The Morgan fingerprint density at radius 2 is 2.24 bits per heavy atom. The lowest BCUT2D eigenvalue weighted by molar-refractivity contribution is 0.0949. The zero-order valence-corrected chi connectivity index (χ0v) is 15.2. The number of nitrogens with zero attached hydrogens (tertiary/aromatic N) is 3. The molecule has 1 unspecified atom stereocenters. The van der Waals surface area contributed by atoms with Gasteiger partial charge in [0.2, 0.25) is 0 Å². The molecule has 6 heteroatoms. The van der Waals surface area contributed by atoms with Gasteiger partial charge in [0.15, 0.2) is 0 Å². The molecule has 0 spiro atoms. The van der Waals surface area contributed by atoms with Crippen LogP contribution in [0.4, 0.5) is 5.82 Å². The average Bonchev–Trinajstić information content (AvgIpc) is 2.62. The van der Waals surface area contributed by atoms with Crippen molar-refractivity contribution < 1.29 is 4.79 Å². The number of amides is 1. The SMILES string of the molecule is CC1CCCN(c2cnc(C(=O)NCCc3cccc(Cl)c3)cn2)C1. The molecule has 3 rings (SSSR count). The molecule has 1 aliphatic rings. The minimum atomic E-state index is -0.201. The van der Waals surface area contributed by atoms with Crippen LogP contribution in [-0.2, 0) is 6.42 Å². The number of halogens is 1. The zero-order chi connectivity index (χ0) is 17.6. The van der Waals surface area contributed by atoms with Crippen molar-refractivity contribution in [2.75, 3.05) is 24.5 Å². The van der Waals surface area contributed by atoms with Crippen LogP contribution in [0.3, 0.4) is 0 Å². The molecule has 0 bridgehead atoms. The van der Waals surface area contributed by atoms with Gasteiger partial charge in [0, 0.05) is 24.7 Å². The first-order chi connectivity index (χ1) is 12.1. The van der Waals surface area contributed by atoms with Crippen LogP contribution < -0.4 is 10.2 Å². The average molecular weight is 359 g/mol. The van der Waals surface area contributed by atoms with Crippen molar-refractivity contribution in [2.24, 2.45) is 5.92 Å². The minimum absolute atomic E-state index is 0.201. The largest absolute Gasteiger partial charge is 0.355 e. The Morgan fingerprint density at radius 3 is 2.96 bits per heavy atom. The van der Waals surface area contributed by atoms with E-state index in [9.17, 15) is 4.79 Å². The summed E-state index contributed by atoms with van der Waals surface area (Å²) in [5, 5.41) is 3.58. The second kappa shape index (κ2) is 8.30. The fourth-order valence-corrected chi connectivity index (χ4v) is 3.32. The number of hydrogen-bond donors (Lipinski definition) is 1. The van der Waals surface area contributed by atoms with Crippen LogP contribution in [0.25, 0.3) is 0 Å². The molecule has 1 fully saturated rings. The summed E-state index contributed by atoms with van der Waals surface area (Å²) in [4.78, 5) is 23.1. The summed E-state index contributed by atoms with van der Waals surface area (Å²) in [5.41, 5.74) is 1.44. The van der Waals surface area contributed by atoms with Gasteiger partial charge in [-0.1, -0.05) is 30.7 Å². The highest BCUT2D eigenvalue weighted by Crippen LogP contribution is 2.20. The number of nitrogens with one attached hydrogen (secondary N) is 1. The van der Waals surface area contributed by atoms with Crippen LogP contribution in [0.15, 0.2) is 36.7 Å². The molecule has 1 amide bonds. The van der Waals surface area contributed by atoms with Gasteiger partial charge in [0.25, 0.3) is 5.91 Å². The molecular weight excluding hydrogens is 336 g/mol. The Kier molecular flexibility index (Phi) is 5.87. The predicted molar refractivity (Wildman–Crippen MR) is 100 cm³/mol. The number of piperidine rings is 1. The van der Waals surface area contributed by atoms with Gasteiger partial charge in [-0.05, 0) is 42.9 Å². The van der Waals surface area contributed by atoms with Crippen molar-refractivity contribution in [2.45, 2.75) is 26.2 Å². The molecule has 2 heterocycles. The highest BCUT2D eigenvalue weighted by Gasteiger charge is 2.18. The van der Waals surface area contributed by atoms with Gasteiger partial charge in [-0.2, -0.15) is 0 Å². The van der Waals surface area contributed by atoms with E-state index in [-0.39, 0.29) is 5.91 Å². The molecule has 1 aromatic carbocycles. The zero-order valence-electron chi connectivity index (χ0n) is 14.4. The van der Waals surface area contributed by atoms with E-state index < -0.39 is 0 Å². The van der Waals surface area contributed by atoms with E-state index >= 15 is 0 Å². The first kappa shape index (κ1) is 17.7. The van der Waals surface area contributed by atoms with Crippen molar-refractivity contribution in [1.82, 2.24) is 15.3 Å². The number of aromatic nitrogens is 2. The Balaban J connectivity index is 1.52. The van der Waals surface area contributed by atoms with Crippen molar-refractivity contribution in [3.05, 3.63) is 52.9 Å². The van der Waals surface area contributed by atoms with E-state index in [4.69, 9.17) is 11.6 Å². The molecule has 1 N–H and O–H groups in total. The van der Waals surface area contributed by atoms with Crippen LogP contribution in [0.1, 0.15) is 35.8 Å². The molecular formula is C19H23ClN4O. The van der Waals surface area contributed by atoms with Crippen LogP contribution in [0.5, 0.6) is 0 Å². The summed E-state index contributed by atoms with van der Waals surface area (Å²) >= 11 is 5.96. The summed E-state index contributed by atoms with van der Waals surface area (Å²) in [7, 11) is 0. The standard InChI is InChI=1S/C19H23ClN4O/c1-14-4-3-9-24(13-14)18-12-22-17(11-23-18)19(25)21-8-7-15-5-2-6-16(20)10-15/h2,5-6,10-12,14H,3-4,7-9,13H2,1H3,(H,21,25). The Labute approximate surface area is 153 Å². The van der Waals surface area contributed by atoms with Crippen molar-refractivity contribution >= 4 is 23.3 Å². The van der Waals surface area contributed by atoms with E-state index in [1.54, 1.807) is 12.4 Å². The molecule has 1 atom stereocenters. The maximum absolute atomic E-state index is 12.2. The van der Waals surface area contributed by atoms with E-state index in [0.29, 0.717) is 23.2 Å². The minimum Gasteiger partial charge on any atom is -0.355 e. The third kappa shape index (κ3) is 4.92. The number of anilines is 1. The van der Waals surface area contributed by atoms with E-state index in [1.807, 2.05) is 24.3 Å². The van der Waals surface area contributed by atoms with Gasteiger partial charge >= 0.3 is 0 Å². The van der Waals surface area contributed by atoms with E-state index in [1.165, 1.54) is 12.8 Å². The molecule has 2 aromatic rings. The fourth-order valence-electron chi connectivity index (χ4n) is 3.10. The molecule has 0 aliphatic carbocycles. The monoisotopic (exact) mass is 358 g/mol. The molecule has 1 aromatic heterocycles. The van der Waals surface area contributed by atoms with Gasteiger partial charge in [0.05, 0.1) is 12.4 Å². The lowest BCUT2D eigenvalue weighted by Crippen LogP contribution is -2.35. The molecule has 1 saturated heterocycles. The lowest BCUT2D eigenvalue weighted by atomic mass is 10.0. The summed E-state index contributed by atoms with van der Waals surface area (Å²) in [6.45, 7) is 4.79. The van der Waals surface area contributed by atoms with Crippen LogP contribution >= 0.6 is 11.6 Å². The second-order valence-electron chi connectivity index (χ2n) is 6.59. The number of hydrogen-bond acceptors (Lipinski definition) is 4. The first-order valence-corrected chi connectivity index (χ1v) is 9.09. The van der Waals surface area contributed by atoms with Crippen LogP contribution in [0, 0.1) is 5.92 Å². The second-order valence-corrected chi connectivity index (χ2v) is 7.03. The summed E-state index contributed by atoms with van der Waals surface area (Å²) in [6, 6.07) is 7.64. The van der Waals surface area contributed by atoms with Gasteiger partial charge in [0.1, 0.15) is 11.5 Å². The normalized spacial score (nSPS) is 17.4. The van der Waals surface area contributed by atoms with Crippen LogP contribution in [-0.4, -0.2) is 35.5 Å². The number of carbonyl (C=O) groups is 1. The van der Waals surface area contributed by atoms with E-state index in [2.05, 4.69) is 27.1 Å². The number of rotatable bonds is 5.